The van der Waals surface area contributed by atoms with Gasteiger partial charge >= 0.3 is 5.97 Å². The normalized spacial score (nSPS) is 22.2. The number of hydrogen-bond donors (Lipinski definition) is 2. The number of carbonyl (C=O) groups excluding carboxylic acids is 1. The van der Waals surface area contributed by atoms with Crippen LogP contribution in [0.1, 0.15) is 33.1 Å². The molecule has 1 atom stereocenters. The molecule has 0 aromatic rings. The summed E-state index contributed by atoms with van der Waals surface area (Å²) in [5.41, 5.74) is -0.995. The lowest BCUT2D eigenvalue weighted by molar-refractivity contribution is -0.149. The SMILES string of the molecule is CN1CCCC(NC(=O)CC(C)(C)C(=O)O)C1. The fourth-order valence-electron chi connectivity index (χ4n) is 2.04. The lowest BCUT2D eigenvalue weighted by atomic mass is 9.89. The second-order valence-corrected chi connectivity index (χ2v) is 5.53. The third-order valence-electron chi connectivity index (χ3n) is 3.17. The summed E-state index contributed by atoms with van der Waals surface area (Å²) in [6, 6.07) is 0.158. The predicted octanol–water partition coefficient (Wildman–Crippen LogP) is 0.698. The van der Waals surface area contributed by atoms with Crippen LogP contribution in [0.3, 0.4) is 0 Å². The Hall–Kier alpha value is -1.10. The largest absolute Gasteiger partial charge is 0.481 e. The van der Waals surface area contributed by atoms with Gasteiger partial charge in [0, 0.05) is 19.0 Å². The smallest absolute Gasteiger partial charge is 0.309 e. The minimum absolute atomic E-state index is 0.0303. The summed E-state index contributed by atoms with van der Waals surface area (Å²) in [5.74, 6) is -1.11. The molecule has 1 aliphatic rings. The molecule has 1 aliphatic heterocycles. The van der Waals surface area contributed by atoms with Crippen LogP contribution in [-0.4, -0.2) is 48.1 Å². The zero-order valence-corrected chi connectivity index (χ0v) is 10.8. The molecular formula is C12H22N2O3. The van der Waals surface area contributed by atoms with Crippen LogP contribution in [-0.2, 0) is 9.59 Å². The number of nitrogens with one attached hydrogen (secondary N) is 1. The molecule has 1 amide bonds. The maximum atomic E-state index is 11.7. The van der Waals surface area contributed by atoms with E-state index in [0.29, 0.717) is 0 Å². The number of aliphatic carboxylic acids is 1. The van der Waals surface area contributed by atoms with E-state index in [1.54, 1.807) is 13.8 Å². The van der Waals surface area contributed by atoms with Gasteiger partial charge in [-0.25, -0.2) is 0 Å². The van der Waals surface area contributed by atoms with Gasteiger partial charge < -0.3 is 15.3 Å². The number of nitrogens with zero attached hydrogens (tertiary/aromatic N) is 1. The maximum absolute atomic E-state index is 11.7. The highest BCUT2D eigenvalue weighted by molar-refractivity contribution is 5.84. The quantitative estimate of drug-likeness (QED) is 0.761. The van der Waals surface area contributed by atoms with Crippen LogP contribution in [0, 0.1) is 5.41 Å². The average molecular weight is 242 g/mol. The summed E-state index contributed by atoms with van der Waals surface area (Å²) < 4.78 is 0. The number of rotatable bonds is 4. The van der Waals surface area contributed by atoms with Gasteiger partial charge in [0.2, 0.25) is 5.91 Å². The van der Waals surface area contributed by atoms with Crippen molar-refractivity contribution in [1.82, 2.24) is 10.2 Å². The topological polar surface area (TPSA) is 69.6 Å². The number of piperidine rings is 1. The molecule has 0 aromatic carbocycles. The first-order valence-electron chi connectivity index (χ1n) is 6.02. The molecule has 0 spiro atoms. The van der Waals surface area contributed by atoms with E-state index in [1.165, 1.54) is 0 Å². The number of amides is 1. The van der Waals surface area contributed by atoms with Crippen molar-refractivity contribution in [2.75, 3.05) is 20.1 Å². The van der Waals surface area contributed by atoms with E-state index in [1.807, 2.05) is 7.05 Å². The first kappa shape index (κ1) is 14.0. The van der Waals surface area contributed by atoms with Crippen molar-refractivity contribution >= 4 is 11.9 Å². The molecule has 17 heavy (non-hydrogen) atoms. The van der Waals surface area contributed by atoms with Crippen molar-refractivity contribution in [3.63, 3.8) is 0 Å². The van der Waals surface area contributed by atoms with Crippen molar-refractivity contribution in [2.24, 2.45) is 5.41 Å². The van der Waals surface area contributed by atoms with E-state index in [4.69, 9.17) is 5.11 Å². The Kier molecular flexibility index (Phi) is 4.51. The van der Waals surface area contributed by atoms with Crippen LogP contribution in [0.5, 0.6) is 0 Å². The van der Waals surface area contributed by atoms with E-state index in [2.05, 4.69) is 10.2 Å². The van der Waals surface area contributed by atoms with Gasteiger partial charge in [0.05, 0.1) is 5.41 Å². The molecule has 1 fully saturated rings. The highest BCUT2D eigenvalue weighted by atomic mass is 16.4. The molecule has 5 heteroatoms. The van der Waals surface area contributed by atoms with Gasteiger partial charge in [0.25, 0.3) is 0 Å². The minimum atomic E-state index is -0.995. The first-order chi connectivity index (χ1) is 7.81. The number of carboxylic acid groups (broad SMARTS) is 1. The summed E-state index contributed by atoms with van der Waals surface area (Å²) in [7, 11) is 2.03. The highest BCUT2D eigenvalue weighted by Crippen LogP contribution is 2.20. The summed E-state index contributed by atoms with van der Waals surface area (Å²) in [4.78, 5) is 24.8. The average Bonchev–Trinajstić information content (AvgIpc) is 2.15. The number of likely N-dealkylation sites (tertiary alicyclic amines) is 1. The Balaban J connectivity index is 2.41. The second kappa shape index (κ2) is 5.49. The summed E-state index contributed by atoms with van der Waals surface area (Å²) in [6.45, 7) is 5.05. The van der Waals surface area contributed by atoms with Crippen molar-refractivity contribution in [1.29, 1.82) is 0 Å². The maximum Gasteiger partial charge on any atom is 0.309 e. The standard InChI is InChI=1S/C12H22N2O3/c1-12(2,11(16)17)7-10(15)13-9-5-4-6-14(3)8-9/h9H,4-8H2,1-3H3,(H,13,15)(H,16,17). The third kappa shape index (κ3) is 4.34. The highest BCUT2D eigenvalue weighted by Gasteiger charge is 2.31. The number of carbonyl (C=O) groups is 2. The number of likely N-dealkylation sites (N-methyl/N-ethyl adjacent to an activating group) is 1. The summed E-state index contributed by atoms with van der Waals surface area (Å²) >= 11 is 0. The molecule has 0 aliphatic carbocycles. The molecule has 0 aromatic heterocycles. The van der Waals surface area contributed by atoms with Gasteiger partial charge in [-0.1, -0.05) is 0 Å². The zero-order valence-electron chi connectivity index (χ0n) is 10.8. The zero-order chi connectivity index (χ0) is 13.1. The van der Waals surface area contributed by atoms with E-state index < -0.39 is 11.4 Å². The van der Waals surface area contributed by atoms with Gasteiger partial charge in [0.15, 0.2) is 0 Å². The van der Waals surface area contributed by atoms with Gasteiger partial charge in [-0.3, -0.25) is 9.59 Å². The first-order valence-corrected chi connectivity index (χ1v) is 6.02. The Labute approximate surface area is 102 Å². The molecule has 0 radical (unpaired) electrons. The van der Waals surface area contributed by atoms with Crippen LogP contribution < -0.4 is 5.32 Å². The van der Waals surface area contributed by atoms with E-state index >= 15 is 0 Å². The van der Waals surface area contributed by atoms with E-state index in [-0.39, 0.29) is 18.4 Å². The Morgan fingerprint density at radius 3 is 2.65 bits per heavy atom. The molecule has 1 saturated heterocycles. The minimum Gasteiger partial charge on any atom is -0.481 e. The lowest BCUT2D eigenvalue weighted by Gasteiger charge is -2.31. The van der Waals surface area contributed by atoms with Gasteiger partial charge in [-0.05, 0) is 40.3 Å². The molecule has 1 unspecified atom stereocenters. The van der Waals surface area contributed by atoms with E-state index in [0.717, 1.165) is 25.9 Å². The van der Waals surface area contributed by atoms with Crippen LogP contribution in [0.2, 0.25) is 0 Å². The number of carboxylic acids is 1. The van der Waals surface area contributed by atoms with Crippen molar-refractivity contribution < 1.29 is 14.7 Å². The predicted molar refractivity (Wildman–Crippen MR) is 64.7 cm³/mol. The lowest BCUT2D eigenvalue weighted by Crippen LogP contribution is -2.47. The van der Waals surface area contributed by atoms with Crippen molar-refractivity contribution in [3.8, 4) is 0 Å². The fraction of sp³-hybridized carbons (Fsp3) is 0.833. The molecule has 5 nitrogen and oxygen atoms in total. The van der Waals surface area contributed by atoms with E-state index in [9.17, 15) is 9.59 Å². The van der Waals surface area contributed by atoms with Gasteiger partial charge in [0.1, 0.15) is 0 Å². The van der Waals surface area contributed by atoms with Crippen LogP contribution >= 0.6 is 0 Å². The number of hydrogen-bond acceptors (Lipinski definition) is 3. The summed E-state index contributed by atoms with van der Waals surface area (Å²) in [6.07, 6.45) is 2.08. The molecule has 98 valence electrons. The second-order valence-electron chi connectivity index (χ2n) is 5.53. The van der Waals surface area contributed by atoms with Crippen LogP contribution in [0.4, 0.5) is 0 Å². The Bertz CT molecular complexity index is 302. The molecule has 1 heterocycles. The Morgan fingerprint density at radius 2 is 2.12 bits per heavy atom. The van der Waals surface area contributed by atoms with Gasteiger partial charge in [-0.15, -0.1) is 0 Å². The monoisotopic (exact) mass is 242 g/mol. The van der Waals surface area contributed by atoms with Crippen molar-refractivity contribution in [3.05, 3.63) is 0 Å². The molecular weight excluding hydrogens is 220 g/mol. The molecule has 1 rings (SSSR count). The fourth-order valence-corrected chi connectivity index (χ4v) is 2.04. The van der Waals surface area contributed by atoms with Crippen LogP contribution in [0.25, 0.3) is 0 Å². The van der Waals surface area contributed by atoms with Crippen LogP contribution in [0.15, 0.2) is 0 Å². The Morgan fingerprint density at radius 1 is 1.47 bits per heavy atom. The molecule has 0 bridgehead atoms. The molecule has 2 N–H and O–H groups in total. The van der Waals surface area contributed by atoms with Crippen molar-refractivity contribution in [2.45, 2.75) is 39.2 Å². The molecule has 0 saturated carbocycles. The summed E-state index contributed by atoms with van der Waals surface area (Å²) in [5, 5.41) is 11.9. The van der Waals surface area contributed by atoms with Gasteiger partial charge in [-0.2, -0.15) is 0 Å². The third-order valence-corrected chi connectivity index (χ3v) is 3.17.